The van der Waals surface area contributed by atoms with Crippen LogP contribution in [0.4, 0.5) is 12.9 Å². The van der Waals surface area contributed by atoms with E-state index >= 15 is 0 Å². The van der Waals surface area contributed by atoms with Crippen LogP contribution in [0.2, 0.25) is 0 Å². The van der Waals surface area contributed by atoms with E-state index in [1.807, 2.05) is 0 Å². The van der Waals surface area contributed by atoms with Gasteiger partial charge >= 0.3 is 6.98 Å². The molecule has 1 aromatic heterocycles. The zero-order valence-corrected chi connectivity index (χ0v) is 7.62. The molecule has 0 atom stereocenters. The van der Waals surface area contributed by atoms with E-state index in [1.54, 1.807) is 12.1 Å². The zero-order valence-electron chi connectivity index (χ0n) is 7.62. The zero-order chi connectivity index (χ0) is 10.9. The molecule has 0 aliphatic heterocycles. The van der Waals surface area contributed by atoms with E-state index in [9.17, 15) is 12.9 Å². The molecule has 0 fully saturated rings. The van der Waals surface area contributed by atoms with Gasteiger partial charge in [-0.15, -0.1) is 5.46 Å². The van der Waals surface area contributed by atoms with Crippen LogP contribution in [0.5, 0.6) is 0 Å². The first-order valence-electron chi connectivity index (χ1n) is 4.37. The Morgan fingerprint density at radius 1 is 1.13 bits per heavy atom. The lowest BCUT2D eigenvalue weighted by atomic mass is 9.79. The van der Waals surface area contributed by atoms with Crippen LogP contribution in [0.15, 0.2) is 36.5 Å². The fourth-order valence-corrected chi connectivity index (χ4v) is 1.33. The van der Waals surface area contributed by atoms with E-state index in [4.69, 9.17) is 0 Å². The molecule has 1 N–H and O–H groups in total. The molecular weight excluding hydrogens is 204 g/mol. The van der Waals surface area contributed by atoms with Crippen LogP contribution in [-0.4, -0.2) is 17.2 Å². The molecule has 0 unspecified atom stereocenters. The summed E-state index contributed by atoms with van der Waals surface area (Å²) in [6, 6.07) is 6.81. The maximum Gasteiger partial charge on any atom is 0.509 e. The second kappa shape index (κ2) is 3.45. The summed E-state index contributed by atoms with van der Waals surface area (Å²) in [4.78, 5) is 0. The topological polar surface area (TPSA) is 28.7 Å². The highest BCUT2D eigenvalue weighted by atomic mass is 19.4. The van der Waals surface area contributed by atoms with Gasteiger partial charge in [-0.05, 0) is 11.6 Å². The standard InChI is InChI=1S/C9H7BF3N2/c11-10(12,13)8-3-1-2-7(6-8)9-4-5-14-15-9/h1-6H,(H,14,15)/q-1. The third-order valence-corrected chi connectivity index (χ3v) is 2.08. The molecule has 0 radical (unpaired) electrons. The van der Waals surface area contributed by atoms with Crippen molar-refractivity contribution in [1.29, 1.82) is 0 Å². The summed E-state index contributed by atoms with van der Waals surface area (Å²) in [6.07, 6.45) is 1.50. The van der Waals surface area contributed by atoms with E-state index in [1.165, 1.54) is 12.3 Å². The van der Waals surface area contributed by atoms with Crippen LogP contribution >= 0.6 is 0 Å². The third-order valence-electron chi connectivity index (χ3n) is 2.08. The van der Waals surface area contributed by atoms with Crippen LogP contribution in [0, 0.1) is 0 Å². The second-order valence-corrected chi connectivity index (χ2v) is 3.17. The van der Waals surface area contributed by atoms with Gasteiger partial charge in [0.25, 0.3) is 0 Å². The average molecular weight is 211 g/mol. The maximum atomic E-state index is 12.4. The van der Waals surface area contributed by atoms with Crippen LogP contribution in [-0.2, 0) is 0 Å². The van der Waals surface area contributed by atoms with Gasteiger partial charge in [0.15, 0.2) is 0 Å². The largest absolute Gasteiger partial charge is 0.509 e. The number of nitrogens with one attached hydrogen (secondary N) is 1. The minimum atomic E-state index is -4.94. The molecular formula is C9H7BF3N2-. The van der Waals surface area contributed by atoms with Crippen molar-refractivity contribution < 1.29 is 12.9 Å². The van der Waals surface area contributed by atoms with Crippen LogP contribution < -0.4 is 5.46 Å². The molecule has 0 bridgehead atoms. The summed E-state index contributed by atoms with van der Waals surface area (Å²) in [5.74, 6) is 0. The molecule has 2 nitrogen and oxygen atoms in total. The molecule has 15 heavy (non-hydrogen) atoms. The highest BCUT2D eigenvalue weighted by Gasteiger charge is 2.25. The first-order chi connectivity index (χ1) is 7.07. The number of H-pyrrole nitrogens is 1. The Hall–Kier alpha value is -1.72. The van der Waals surface area contributed by atoms with Crippen molar-refractivity contribution in [2.24, 2.45) is 0 Å². The molecule has 78 valence electrons. The number of hydrogen-bond donors (Lipinski definition) is 1. The predicted octanol–water partition coefficient (Wildman–Crippen LogP) is 2.13. The second-order valence-electron chi connectivity index (χ2n) is 3.17. The quantitative estimate of drug-likeness (QED) is 0.757. The lowest BCUT2D eigenvalue weighted by Gasteiger charge is -2.15. The van der Waals surface area contributed by atoms with Gasteiger partial charge in [-0.3, -0.25) is 5.10 Å². The molecule has 0 aliphatic carbocycles. The summed E-state index contributed by atoms with van der Waals surface area (Å²) >= 11 is 0. The smallest absolute Gasteiger partial charge is 0.445 e. The molecule has 0 saturated carbocycles. The summed E-state index contributed by atoms with van der Waals surface area (Å²) < 4.78 is 37.3. The van der Waals surface area contributed by atoms with Gasteiger partial charge in [-0.1, -0.05) is 24.3 Å². The summed E-state index contributed by atoms with van der Waals surface area (Å²) in [7, 11) is 0. The van der Waals surface area contributed by atoms with Crippen molar-refractivity contribution in [1.82, 2.24) is 10.2 Å². The van der Waals surface area contributed by atoms with Crippen LogP contribution in [0.1, 0.15) is 0 Å². The number of halogens is 3. The maximum absolute atomic E-state index is 12.4. The van der Waals surface area contributed by atoms with E-state index in [2.05, 4.69) is 10.2 Å². The van der Waals surface area contributed by atoms with Crippen molar-refractivity contribution in [2.75, 3.05) is 0 Å². The molecule has 0 saturated heterocycles. The number of nitrogens with zero attached hydrogens (tertiary/aromatic N) is 1. The van der Waals surface area contributed by atoms with Crippen molar-refractivity contribution in [2.45, 2.75) is 0 Å². The molecule has 0 aliphatic rings. The first-order valence-corrected chi connectivity index (χ1v) is 4.37. The number of hydrogen-bond acceptors (Lipinski definition) is 1. The number of aromatic amines is 1. The summed E-state index contributed by atoms with van der Waals surface area (Å²) in [6.45, 7) is -4.94. The summed E-state index contributed by atoms with van der Waals surface area (Å²) in [5, 5.41) is 6.31. The van der Waals surface area contributed by atoms with E-state index in [0.717, 1.165) is 12.1 Å². The molecule has 1 heterocycles. The molecule has 0 spiro atoms. The predicted molar refractivity (Wildman–Crippen MR) is 52.7 cm³/mol. The molecule has 2 aromatic rings. The van der Waals surface area contributed by atoms with Gasteiger partial charge < -0.3 is 12.9 Å². The molecule has 2 rings (SSSR count). The number of benzene rings is 1. The Balaban J connectivity index is 2.44. The van der Waals surface area contributed by atoms with Gasteiger partial charge in [0, 0.05) is 6.20 Å². The van der Waals surface area contributed by atoms with Gasteiger partial charge in [0.1, 0.15) is 0 Å². The number of aromatic nitrogens is 2. The lowest BCUT2D eigenvalue weighted by molar-refractivity contribution is 0.501. The minimum Gasteiger partial charge on any atom is -0.445 e. The average Bonchev–Trinajstić information content (AvgIpc) is 2.69. The van der Waals surface area contributed by atoms with Crippen molar-refractivity contribution in [3.05, 3.63) is 36.5 Å². The fraction of sp³-hybridized carbons (Fsp3) is 0. The molecule has 6 heteroatoms. The highest BCUT2D eigenvalue weighted by molar-refractivity contribution is 6.73. The van der Waals surface area contributed by atoms with Gasteiger partial charge in [-0.25, -0.2) is 0 Å². The van der Waals surface area contributed by atoms with Crippen molar-refractivity contribution in [3.8, 4) is 11.3 Å². The monoisotopic (exact) mass is 211 g/mol. The van der Waals surface area contributed by atoms with Crippen molar-refractivity contribution >= 4 is 12.4 Å². The lowest BCUT2D eigenvalue weighted by Crippen LogP contribution is -2.33. The van der Waals surface area contributed by atoms with E-state index in [-0.39, 0.29) is 0 Å². The summed E-state index contributed by atoms with van der Waals surface area (Å²) in [5.41, 5.74) is 0.475. The highest BCUT2D eigenvalue weighted by Crippen LogP contribution is 2.17. The Morgan fingerprint density at radius 3 is 2.53 bits per heavy atom. The molecule has 1 aromatic carbocycles. The van der Waals surface area contributed by atoms with Gasteiger partial charge in [0.2, 0.25) is 0 Å². The van der Waals surface area contributed by atoms with Gasteiger partial charge in [-0.2, -0.15) is 5.10 Å². The van der Waals surface area contributed by atoms with Gasteiger partial charge in [0.05, 0.1) is 5.69 Å². The Kier molecular flexibility index (Phi) is 2.26. The Bertz CT molecular complexity index is 451. The SMILES string of the molecule is F[B-](F)(F)c1cccc(-c2ccn[nH]2)c1. The Morgan fingerprint density at radius 2 is 1.93 bits per heavy atom. The number of rotatable bonds is 2. The minimum absolute atomic E-state index is 0.490. The first kappa shape index (κ1) is 9.83. The molecule has 0 amide bonds. The van der Waals surface area contributed by atoms with Crippen LogP contribution in [0.3, 0.4) is 0 Å². The third kappa shape index (κ3) is 2.03. The fourth-order valence-electron chi connectivity index (χ4n) is 1.33. The van der Waals surface area contributed by atoms with E-state index < -0.39 is 12.4 Å². The van der Waals surface area contributed by atoms with Crippen LogP contribution in [0.25, 0.3) is 11.3 Å². The van der Waals surface area contributed by atoms with E-state index in [0.29, 0.717) is 11.3 Å². The Labute approximate surface area is 84.2 Å². The normalized spacial score (nSPS) is 11.7. The van der Waals surface area contributed by atoms with Crippen molar-refractivity contribution in [3.63, 3.8) is 0 Å².